The molecular weight excluding hydrogens is 369 g/mol. The van der Waals surface area contributed by atoms with Crippen molar-refractivity contribution in [3.8, 4) is 11.3 Å². The topological polar surface area (TPSA) is 70.7 Å². The number of benzene rings is 1. The Balaban J connectivity index is 1.67. The Morgan fingerprint density at radius 2 is 1.79 bits per heavy atom. The molecule has 4 rings (SSSR count). The van der Waals surface area contributed by atoms with Crippen LogP contribution in [0.25, 0.3) is 22.3 Å². The van der Waals surface area contributed by atoms with E-state index in [9.17, 15) is 18.0 Å². The number of nitrogens with one attached hydrogen (secondary N) is 2. The summed E-state index contributed by atoms with van der Waals surface area (Å²) < 4.78 is 39.8. The van der Waals surface area contributed by atoms with Crippen LogP contribution in [0.4, 0.5) is 19.0 Å². The highest BCUT2D eigenvalue weighted by Gasteiger charge is 2.33. The van der Waals surface area contributed by atoms with Crippen LogP contribution in [0.5, 0.6) is 0 Å². The quantitative estimate of drug-likeness (QED) is 0.530. The molecule has 8 heteroatoms. The van der Waals surface area contributed by atoms with Crippen molar-refractivity contribution in [2.24, 2.45) is 0 Å². The van der Waals surface area contributed by atoms with Crippen molar-refractivity contribution in [3.05, 3.63) is 78.1 Å². The predicted molar refractivity (Wildman–Crippen MR) is 98.7 cm³/mol. The zero-order valence-corrected chi connectivity index (χ0v) is 14.3. The molecule has 0 saturated heterocycles. The first kappa shape index (κ1) is 17.7. The van der Waals surface area contributed by atoms with E-state index >= 15 is 0 Å². The van der Waals surface area contributed by atoms with Crippen molar-refractivity contribution in [1.82, 2.24) is 15.0 Å². The van der Waals surface area contributed by atoms with Gasteiger partial charge in [-0.1, -0.05) is 24.3 Å². The SMILES string of the molecule is O=C(Nc1ccc2cc(-c3ccccc3C(F)(F)F)[nH]c2n1)c1ccccn1. The van der Waals surface area contributed by atoms with E-state index in [2.05, 4.69) is 20.3 Å². The fourth-order valence-electron chi connectivity index (χ4n) is 2.86. The highest BCUT2D eigenvalue weighted by molar-refractivity contribution is 6.02. The number of halogens is 3. The van der Waals surface area contributed by atoms with Gasteiger partial charge in [0.2, 0.25) is 0 Å². The zero-order valence-electron chi connectivity index (χ0n) is 14.3. The molecule has 0 unspecified atom stereocenters. The maximum Gasteiger partial charge on any atom is 0.417 e. The number of carbonyl (C=O) groups excluding carboxylic acids is 1. The molecule has 4 aromatic rings. The third-order valence-corrected chi connectivity index (χ3v) is 4.14. The molecule has 0 bridgehead atoms. The van der Waals surface area contributed by atoms with E-state index in [-0.39, 0.29) is 17.1 Å². The Labute approximate surface area is 157 Å². The summed E-state index contributed by atoms with van der Waals surface area (Å²) in [5.41, 5.74) is 0.197. The van der Waals surface area contributed by atoms with Gasteiger partial charge in [0.1, 0.15) is 17.2 Å². The summed E-state index contributed by atoms with van der Waals surface area (Å²) in [6, 6.07) is 15.1. The molecule has 0 atom stereocenters. The molecule has 1 amide bonds. The molecule has 5 nitrogen and oxygen atoms in total. The van der Waals surface area contributed by atoms with E-state index in [1.807, 2.05) is 0 Å². The molecule has 0 fully saturated rings. The van der Waals surface area contributed by atoms with Crippen LogP contribution in [-0.2, 0) is 6.18 Å². The number of anilines is 1. The number of fused-ring (bicyclic) bond motifs is 1. The lowest BCUT2D eigenvalue weighted by molar-refractivity contribution is -0.137. The van der Waals surface area contributed by atoms with Gasteiger partial charge in [-0.25, -0.2) is 4.98 Å². The largest absolute Gasteiger partial charge is 0.417 e. The molecule has 3 heterocycles. The summed E-state index contributed by atoms with van der Waals surface area (Å²) >= 11 is 0. The number of hydrogen-bond acceptors (Lipinski definition) is 3. The van der Waals surface area contributed by atoms with Gasteiger partial charge in [0.15, 0.2) is 0 Å². The first-order chi connectivity index (χ1) is 13.4. The Kier molecular flexibility index (Phi) is 4.31. The van der Waals surface area contributed by atoms with Crippen molar-refractivity contribution >= 4 is 22.8 Å². The van der Waals surface area contributed by atoms with Crippen molar-refractivity contribution in [3.63, 3.8) is 0 Å². The molecule has 28 heavy (non-hydrogen) atoms. The summed E-state index contributed by atoms with van der Waals surface area (Å²) in [6.45, 7) is 0. The first-order valence-electron chi connectivity index (χ1n) is 8.30. The maximum atomic E-state index is 13.3. The molecule has 0 saturated carbocycles. The Morgan fingerprint density at radius 3 is 2.54 bits per heavy atom. The average Bonchev–Trinajstić information content (AvgIpc) is 3.11. The first-order valence-corrected chi connectivity index (χ1v) is 8.30. The molecule has 140 valence electrons. The summed E-state index contributed by atoms with van der Waals surface area (Å²) in [7, 11) is 0. The van der Waals surface area contributed by atoms with E-state index in [1.165, 1.54) is 18.3 Å². The number of aromatic nitrogens is 3. The number of carbonyl (C=O) groups is 1. The van der Waals surface area contributed by atoms with E-state index in [1.54, 1.807) is 42.5 Å². The smallest absolute Gasteiger partial charge is 0.339 e. The van der Waals surface area contributed by atoms with Crippen LogP contribution in [0.3, 0.4) is 0 Å². The van der Waals surface area contributed by atoms with Gasteiger partial charge in [-0.15, -0.1) is 0 Å². The number of pyridine rings is 2. The van der Waals surface area contributed by atoms with Crippen LogP contribution in [-0.4, -0.2) is 20.9 Å². The van der Waals surface area contributed by atoms with Crippen molar-refractivity contribution in [2.75, 3.05) is 5.32 Å². The molecule has 3 aromatic heterocycles. The van der Waals surface area contributed by atoms with Crippen LogP contribution in [0.1, 0.15) is 16.1 Å². The molecule has 2 N–H and O–H groups in total. The second-order valence-electron chi connectivity index (χ2n) is 6.03. The number of H-pyrrole nitrogens is 1. The number of amides is 1. The minimum absolute atomic E-state index is 0.0343. The number of rotatable bonds is 3. The minimum atomic E-state index is -4.47. The normalized spacial score (nSPS) is 11.5. The third-order valence-electron chi connectivity index (χ3n) is 4.14. The standard InChI is InChI=1S/C20H13F3N4O/c21-20(22,23)14-6-2-1-5-13(14)16-11-12-8-9-17(26-18(12)25-16)27-19(28)15-7-3-4-10-24-15/h1-11H,(H2,25,26,27,28). The van der Waals surface area contributed by atoms with Crippen molar-refractivity contribution in [2.45, 2.75) is 6.18 Å². The van der Waals surface area contributed by atoms with Crippen LogP contribution >= 0.6 is 0 Å². The summed E-state index contributed by atoms with van der Waals surface area (Å²) in [4.78, 5) is 23.3. The minimum Gasteiger partial charge on any atom is -0.339 e. The Morgan fingerprint density at radius 1 is 1.00 bits per heavy atom. The van der Waals surface area contributed by atoms with Crippen LogP contribution < -0.4 is 5.32 Å². The fraction of sp³-hybridized carbons (Fsp3) is 0.0500. The van der Waals surface area contributed by atoms with Gasteiger partial charge in [-0.05, 0) is 36.4 Å². The van der Waals surface area contributed by atoms with Gasteiger partial charge < -0.3 is 10.3 Å². The molecule has 0 aliphatic heterocycles. The van der Waals surface area contributed by atoms with Crippen LogP contribution in [0, 0.1) is 0 Å². The summed E-state index contributed by atoms with van der Waals surface area (Å²) in [5.74, 6) is -0.165. The van der Waals surface area contributed by atoms with Gasteiger partial charge in [0, 0.05) is 22.8 Å². The lowest BCUT2D eigenvalue weighted by Crippen LogP contribution is -2.14. The van der Waals surface area contributed by atoms with Crippen molar-refractivity contribution < 1.29 is 18.0 Å². The Hall–Kier alpha value is -3.68. The molecule has 0 radical (unpaired) electrons. The van der Waals surface area contributed by atoms with Gasteiger partial charge in [-0.3, -0.25) is 9.78 Å². The number of nitrogens with zero attached hydrogens (tertiary/aromatic N) is 2. The van der Waals surface area contributed by atoms with Gasteiger partial charge in [-0.2, -0.15) is 13.2 Å². The molecule has 0 spiro atoms. The highest BCUT2D eigenvalue weighted by Crippen LogP contribution is 2.37. The van der Waals surface area contributed by atoms with E-state index in [4.69, 9.17) is 0 Å². The summed E-state index contributed by atoms with van der Waals surface area (Å²) in [6.07, 6.45) is -2.97. The Bertz CT molecular complexity index is 1150. The third kappa shape index (κ3) is 3.44. The van der Waals surface area contributed by atoms with Gasteiger partial charge in [0.05, 0.1) is 5.56 Å². The van der Waals surface area contributed by atoms with Crippen LogP contribution in [0.15, 0.2) is 66.9 Å². The second kappa shape index (κ2) is 6.80. The molecule has 0 aliphatic carbocycles. The van der Waals surface area contributed by atoms with E-state index in [0.717, 1.165) is 6.07 Å². The monoisotopic (exact) mass is 382 g/mol. The van der Waals surface area contributed by atoms with E-state index < -0.39 is 17.6 Å². The molecular formula is C20H13F3N4O. The summed E-state index contributed by atoms with van der Waals surface area (Å²) in [5, 5.41) is 3.25. The fourth-order valence-corrected chi connectivity index (χ4v) is 2.86. The van der Waals surface area contributed by atoms with E-state index in [0.29, 0.717) is 16.7 Å². The maximum absolute atomic E-state index is 13.3. The lowest BCUT2D eigenvalue weighted by atomic mass is 10.0. The molecule has 1 aromatic carbocycles. The number of hydrogen-bond donors (Lipinski definition) is 2. The zero-order chi connectivity index (χ0) is 19.7. The molecule has 0 aliphatic rings. The van der Waals surface area contributed by atoms with Crippen LogP contribution in [0.2, 0.25) is 0 Å². The number of alkyl halides is 3. The number of aromatic amines is 1. The van der Waals surface area contributed by atoms with Crippen molar-refractivity contribution in [1.29, 1.82) is 0 Å². The highest BCUT2D eigenvalue weighted by atomic mass is 19.4. The predicted octanol–water partition coefficient (Wildman–Crippen LogP) is 4.90. The van der Waals surface area contributed by atoms with Gasteiger partial charge in [0.25, 0.3) is 5.91 Å². The lowest BCUT2D eigenvalue weighted by Gasteiger charge is -2.11. The average molecular weight is 382 g/mol. The van der Waals surface area contributed by atoms with Gasteiger partial charge >= 0.3 is 6.18 Å². The second-order valence-corrected chi connectivity index (χ2v) is 6.03.